The van der Waals surface area contributed by atoms with Crippen LogP contribution in [-0.4, -0.2) is 32.5 Å². The lowest BCUT2D eigenvalue weighted by molar-refractivity contribution is 0.283. The van der Waals surface area contributed by atoms with Crippen LogP contribution in [0.15, 0.2) is 16.9 Å². The zero-order valence-corrected chi connectivity index (χ0v) is 12.7. The maximum absolute atomic E-state index is 5.47. The zero-order valence-electron chi connectivity index (χ0n) is 12.7. The van der Waals surface area contributed by atoms with Crippen LogP contribution >= 0.6 is 0 Å². The normalized spacial score (nSPS) is 22.6. The average molecular weight is 289 g/mol. The molecule has 3 rings (SSSR count). The molecule has 6 heteroatoms. The first-order chi connectivity index (χ1) is 10.3. The maximum Gasteiger partial charge on any atom is 0.230 e. The lowest BCUT2D eigenvalue weighted by Gasteiger charge is -2.27. The molecule has 1 saturated carbocycles. The summed E-state index contributed by atoms with van der Waals surface area (Å²) in [7, 11) is 1.88. The Labute approximate surface area is 124 Å². The van der Waals surface area contributed by atoms with E-state index in [9.17, 15) is 0 Å². The molecule has 1 fully saturated rings. The number of rotatable bonds is 5. The largest absolute Gasteiger partial charge is 0.339 e. The van der Waals surface area contributed by atoms with Crippen LogP contribution in [0.1, 0.15) is 50.8 Å². The quantitative estimate of drug-likeness (QED) is 0.916. The van der Waals surface area contributed by atoms with Crippen LogP contribution in [0.3, 0.4) is 0 Å². The predicted octanol–water partition coefficient (Wildman–Crippen LogP) is 2.50. The second-order valence-electron chi connectivity index (χ2n) is 5.86. The topological polar surface area (TPSA) is 68.8 Å². The van der Waals surface area contributed by atoms with Gasteiger partial charge in [-0.1, -0.05) is 12.1 Å². The van der Waals surface area contributed by atoms with Gasteiger partial charge in [-0.2, -0.15) is 10.1 Å². The second kappa shape index (κ2) is 6.39. The molecule has 0 aromatic carbocycles. The summed E-state index contributed by atoms with van der Waals surface area (Å²) >= 11 is 0. The fraction of sp³-hybridized carbons (Fsp3) is 0.667. The Kier molecular flexibility index (Phi) is 4.34. The summed E-state index contributed by atoms with van der Waals surface area (Å²) in [5.74, 6) is 1.83. The number of nitrogens with zero attached hydrogens (tertiary/aromatic N) is 4. The van der Waals surface area contributed by atoms with Gasteiger partial charge in [-0.25, -0.2) is 0 Å². The standard InChI is InChI=1S/C15H23N5O/c1-3-8-16-13-6-4-11(5-7-13)15-18-14(19-21-15)12-9-17-20(2)10-12/h9-11,13,16H,3-8H2,1-2H3. The van der Waals surface area contributed by atoms with Crippen molar-refractivity contribution in [3.05, 3.63) is 18.3 Å². The van der Waals surface area contributed by atoms with Gasteiger partial charge in [-0.3, -0.25) is 4.68 Å². The maximum atomic E-state index is 5.47. The molecule has 0 spiro atoms. The third-order valence-electron chi connectivity index (χ3n) is 4.16. The highest BCUT2D eigenvalue weighted by atomic mass is 16.5. The monoisotopic (exact) mass is 289 g/mol. The first kappa shape index (κ1) is 14.3. The Morgan fingerprint density at radius 3 is 2.81 bits per heavy atom. The summed E-state index contributed by atoms with van der Waals surface area (Å²) in [6.07, 6.45) is 9.48. The van der Waals surface area contributed by atoms with Crippen molar-refractivity contribution in [3.8, 4) is 11.4 Å². The van der Waals surface area contributed by atoms with E-state index in [1.165, 1.54) is 19.3 Å². The summed E-state index contributed by atoms with van der Waals surface area (Å²) < 4.78 is 7.21. The number of aryl methyl sites for hydroxylation is 1. The van der Waals surface area contributed by atoms with Gasteiger partial charge < -0.3 is 9.84 Å². The summed E-state index contributed by atoms with van der Waals surface area (Å²) in [4.78, 5) is 4.55. The van der Waals surface area contributed by atoms with Gasteiger partial charge in [0.2, 0.25) is 11.7 Å². The van der Waals surface area contributed by atoms with Gasteiger partial charge in [-0.15, -0.1) is 0 Å². The van der Waals surface area contributed by atoms with Crippen molar-refractivity contribution in [2.75, 3.05) is 6.54 Å². The molecule has 21 heavy (non-hydrogen) atoms. The summed E-state index contributed by atoms with van der Waals surface area (Å²) in [5.41, 5.74) is 0.908. The highest BCUT2D eigenvalue weighted by Crippen LogP contribution is 2.32. The van der Waals surface area contributed by atoms with E-state index in [0.717, 1.165) is 30.8 Å². The lowest BCUT2D eigenvalue weighted by Crippen LogP contribution is -2.33. The van der Waals surface area contributed by atoms with Crippen LogP contribution in [0.25, 0.3) is 11.4 Å². The minimum Gasteiger partial charge on any atom is -0.339 e. The van der Waals surface area contributed by atoms with Crippen molar-refractivity contribution in [3.63, 3.8) is 0 Å². The van der Waals surface area contributed by atoms with Gasteiger partial charge in [0.1, 0.15) is 0 Å². The first-order valence-electron chi connectivity index (χ1n) is 7.82. The first-order valence-corrected chi connectivity index (χ1v) is 7.82. The molecule has 1 aliphatic carbocycles. The average Bonchev–Trinajstić information content (AvgIpc) is 3.14. The van der Waals surface area contributed by atoms with E-state index in [1.807, 2.05) is 13.2 Å². The Hall–Kier alpha value is -1.69. The van der Waals surface area contributed by atoms with E-state index in [4.69, 9.17) is 4.52 Å². The molecule has 6 nitrogen and oxygen atoms in total. The Balaban J connectivity index is 1.60. The molecule has 114 valence electrons. The number of hydrogen-bond acceptors (Lipinski definition) is 5. The van der Waals surface area contributed by atoms with Gasteiger partial charge in [0.05, 0.1) is 11.8 Å². The minimum atomic E-state index is 0.405. The van der Waals surface area contributed by atoms with E-state index in [1.54, 1.807) is 10.9 Å². The van der Waals surface area contributed by atoms with Gasteiger partial charge in [0, 0.05) is 25.2 Å². The number of hydrogen-bond donors (Lipinski definition) is 1. The molecule has 0 unspecified atom stereocenters. The molecule has 2 heterocycles. The van der Waals surface area contributed by atoms with E-state index in [2.05, 4.69) is 27.5 Å². The molecule has 0 bridgehead atoms. The van der Waals surface area contributed by atoms with Crippen molar-refractivity contribution >= 4 is 0 Å². The predicted molar refractivity (Wildman–Crippen MR) is 79.8 cm³/mol. The van der Waals surface area contributed by atoms with Crippen molar-refractivity contribution in [1.29, 1.82) is 0 Å². The smallest absolute Gasteiger partial charge is 0.230 e. The Bertz CT molecular complexity index is 568. The van der Waals surface area contributed by atoms with E-state index in [0.29, 0.717) is 17.8 Å². The highest BCUT2D eigenvalue weighted by Gasteiger charge is 2.26. The van der Waals surface area contributed by atoms with Gasteiger partial charge >= 0.3 is 0 Å². The third-order valence-corrected chi connectivity index (χ3v) is 4.16. The van der Waals surface area contributed by atoms with E-state index < -0.39 is 0 Å². The van der Waals surface area contributed by atoms with Crippen LogP contribution in [0, 0.1) is 0 Å². The van der Waals surface area contributed by atoms with E-state index in [-0.39, 0.29) is 0 Å². The molecule has 2 aromatic rings. The van der Waals surface area contributed by atoms with Crippen LogP contribution in [0.2, 0.25) is 0 Å². The second-order valence-corrected chi connectivity index (χ2v) is 5.86. The van der Waals surface area contributed by atoms with Crippen molar-refractivity contribution in [2.24, 2.45) is 7.05 Å². The molecular weight excluding hydrogens is 266 g/mol. The lowest BCUT2D eigenvalue weighted by atomic mass is 9.86. The van der Waals surface area contributed by atoms with Crippen LogP contribution in [0.4, 0.5) is 0 Å². The molecule has 0 radical (unpaired) electrons. The molecule has 0 aliphatic heterocycles. The molecule has 0 amide bonds. The molecule has 0 atom stereocenters. The van der Waals surface area contributed by atoms with Crippen molar-refractivity contribution in [1.82, 2.24) is 25.2 Å². The molecular formula is C15H23N5O. The SMILES string of the molecule is CCCNC1CCC(c2nc(-c3cnn(C)c3)no2)CC1. The summed E-state index contributed by atoms with van der Waals surface area (Å²) in [6.45, 7) is 3.32. The van der Waals surface area contributed by atoms with E-state index >= 15 is 0 Å². The fourth-order valence-electron chi connectivity index (χ4n) is 2.95. The van der Waals surface area contributed by atoms with Crippen LogP contribution in [0.5, 0.6) is 0 Å². The molecule has 0 saturated heterocycles. The third kappa shape index (κ3) is 3.32. The van der Waals surface area contributed by atoms with Gasteiger partial charge in [0.25, 0.3) is 0 Å². The van der Waals surface area contributed by atoms with Crippen LogP contribution < -0.4 is 5.32 Å². The van der Waals surface area contributed by atoms with Crippen molar-refractivity contribution < 1.29 is 4.52 Å². The minimum absolute atomic E-state index is 0.405. The molecule has 1 aliphatic rings. The number of nitrogens with one attached hydrogen (secondary N) is 1. The molecule has 1 N–H and O–H groups in total. The molecule has 2 aromatic heterocycles. The van der Waals surface area contributed by atoms with Gasteiger partial charge in [-0.05, 0) is 38.6 Å². The Morgan fingerprint density at radius 2 is 2.14 bits per heavy atom. The number of aromatic nitrogens is 4. The van der Waals surface area contributed by atoms with Gasteiger partial charge in [0.15, 0.2) is 0 Å². The summed E-state index contributed by atoms with van der Waals surface area (Å²) in [6, 6.07) is 0.655. The summed E-state index contributed by atoms with van der Waals surface area (Å²) in [5, 5.41) is 11.8. The fourth-order valence-corrected chi connectivity index (χ4v) is 2.95. The zero-order chi connectivity index (χ0) is 14.7. The Morgan fingerprint density at radius 1 is 1.33 bits per heavy atom. The van der Waals surface area contributed by atoms with Crippen LogP contribution in [-0.2, 0) is 7.05 Å². The van der Waals surface area contributed by atoms with Crippen molar-refractivity contribution in [2.45, 2.75) is 51.0 Å². The highest BCUT2D eigenvalue weighted by molar-refractivity contribution is 5.51.